The molecule has 168 valence electrons. The van der Waals surface area contributed by atoms with E-state index < -0.39 is 6.36 Å². The first-order valence-corrected chi connectivity index (χ1v) is 11.1. The van der Waals surface area contributed by atoms with Crippen molar-refractivity contribution in [1.82, 2.24) is 9.55 Å². The number of carbonyl (C=O) groups is 1. The molecule has 0 radical (unpaired) electrons. The van der Waals surface area contributed by atoms with Crippen LogP contribution in [0.15, 0.2) is 39.1 Å². The predicted octanol–water partition coefficient (Wildman–Crippen LogP) is 3.56. The first-order valence-electron chi connectivity index (χ1n) is 9.24. The Kier molecular flexibility index (Phi) is 7.55. The number of hydrogen-bond acceptors (Lipinski definition) is 7. The Morgan fingerprint density at radius 1 is 1.35 bits per heavy atom. The van der Waals surface area contributed by atoms with E-state index >= 15 is 0 Å². The number of fused-ring (bicyclic) bond motifs is 1. The Morgan fingerprint density at radius 3 is 2.71 bits per heavy atom. The molecule has 1 aliphatic heterocycles. The fraction of sp³-hybridized carbons (Fsp3) is 0.421. The molecule has 1 aromatic carbocycles. The van der Waals surface area contributed by atoms with E-state index in [9.17, 15) is 22.8 Å². The lowest BCUT2D eigenvalue weighted by Gasteiger charge is -2.13. The van der Waals surface area contributed by atoms with Gasteiger partial charge in [0, 0.05) is 24.5 Å². The molecule has 1 aliphatic rings. The van der Waals surface area contributed by atoms with E-state index in [2.05, 4.69) is 15.0 Å². The minimum Gasteiger partial charge on any atom is -0.406 e. The van der Waals surface area contributed by atoms with E-state index in [-0.39, 0.29) is 28.2 Å². The summed E-state index contributed by atoms with van der Waals surface area (Å²) in [5, 5.41) is 3.29. The van der Waals surface area contributed by atoms with Crippen LogP contribution in [0, 0.1) is 0 Å². The number of rotatable bonds is 8. The summed E-state index contributed by atoms with van der Waals surface area (Å²) in [5.41, 5.74) is 0.919. The van der Waals surface area contributed by atoms with Gasteiger partial charge >= 0.3 is 6.36 Å². The van der Waals surface area contributed by atoms with Gasteiger partial charge in [0.05, 0.1) is 29.5 Å². The van der Waals surface area contributed by atoms with Crippen LogP contribution in [0.2, 0.25) is 0 Å². The van der Waals surface area contributed by atoms with E-state index in [1.807, 2.05) is 6.92 Å². The lowest BCUT2D eigenvalue weighted by molar-refractivity contribution is -0.274. The molecule has 7 nitrogen and oxygen atoms in total. The van der Waals surface area contributed by atoms with Crippen molar-refractivity contribution in [2.45, 2.75) is 41.6 Å². The number of carbonyl (C=O) groups excluding carboxylic acids is 1. The molecular weight excluding hydrogens is 455 g/mol. The van der Waals surface area contributed by atoms with Crippen molar-refractivity contribution >= 4 is 35.1 Å². The Morgan fingerprint density at radius 2 is 2.06 bits per heavy atom. The Hall–Kier alpha value is -2.18. The van der Waals surface area contributed by atoms with Crippen molar-refractivity contribution in [2.75, 3.05) is 24.8 Å². The zero-order valence-corrected chi connectivity index (χ0v) is 18.3. The van der Waals surface area contributed by atoms with Gasteiger partial charge in [-0.2, -0.15) is 0 Å². The number of halogens is 3. The van der Waals surface area contributed by atoms with E-state index in [0.717, 1.165) is 29.6 Å². The minimum absolute atomic E-state index is 0.0261. The van der Waals surface area contributed by atoms with Gasteiger partial charge in [0.1, 0.15) is 5.75 Å². The van der Waals surface area contributed by atoms with Gasteiger partial charge < -0.3 is 14.8 Å². The summed E-state index contributed by atoms with van der Waals surface area (Å²) in [6.45, 7) is 2.67. The quantitative estimate of drug-likeness (QED) is 0.462. The second-order valence-corrected chi connectivity index (χ2v) is 9.05. The highest BCUT2D eigenvalue weighted by atomic mass is 32.2. The van der Waals surface area contributed by atoms with E-state index in [1.165, 1.54) is 35.6 Å². The van der Waals surface area contributed by atoms with Gasteiger partial charge in [-0.05, 0) is 24.3 Å². The standard InChI is InChI=1S/C19H20F3N3O4S2/c1-11-9-14-16(31-11)17(27)25(7-8-28-2)18(24-14)30-10-15(26)23-12-3-5-13(6-4-12)29-19(20,21)22/h3-6,11H,7-10H2,1-2H3,(H,23,26). The zero-order chi connectivity index (χ0) is 22.6. The van der Waals surface area contributed by atoms with Crippen molar-refractivity contribution in [3.63, 3.8) is 0 Å². The largest absolute Gasteiger partial charge is 0.573 e. The highest BCUT2D eigenvalue weighted by Gasteiger charge is 2.31. The van der Waals surface area contributed by atoms with Crippen molar-refractivity contribution in [1.29, 1.82) is 0 Å². The van der Waals surface area contributed by atoms with Gasteiger partial charge in [0.15, 0.2) is 5.16 Å². The van der Waals surface area contributed by atoms with Crippen molar-refractivity contribution in [2.24, 2.45) is 0 Å². The average Bonchev–Trinajstić information content (AvgIpc) is 3.07. The summed E-state index contributed by atoms with van der Waals surface area (Å²) in [5.74, 6) is -0.788. The molecule has 1 N–H and O–H groups in total. The number of alkyl halides is 3. The number of anilines is 1. The summed E-state index contributed by atoms with van der Waals surface area (Å²) >= 11 is 2.62. The van der Waals surface area contributed by atoms with Crippen LogP contribution < -0.4 is 15.6 Å². The Balaban J connectivity index is 1.66. The number of nitrogens with one attached hydrogen (secondary N) is 1. The second kappa shape index (κ2) is 9.96. The minimum atomic E-state index is -4.78. The monoisotopic (exact) mass is 475 g/mol. The predicted molar refractivity (Wildman–Crippen MR) is 112 cm³/mol. The van der Waals surface area contributed by atoms with Crippen LogP contribution in [-0.2, 0) is 22.5 Å². The van der Waals surface area contributed by atoms with Gasteiger partial charge in [-0.3, -0.25) is 14.2 Å². The Bertz CT molecular complexity index is 997. The van der Waals surface area contributed by atoms with Gasteiger partial charge in [0.2, 0.25) is 5.91 Å². The molecule has 12 heteroatoms. The number of amides is 1. The third-order valence-corrected chi connectivity index (χ3v) is 6.38. The molecule has 0 aliphatic carbocycles. The first kappa shape index (κ1) is 23.5. The SMILES string of the molecule is COCCn1c(SCC(=O)Nc2ccc(OC(F)(F)F)cc2)nc2c(c1=O)SC(C)C2. The van der Waals surface area contributed by atoms with Crippen LogP contribution in [0.4, 0.5) is 18.9 Å². The molecule has 0 saturated heterocycles. The fourth-order valence-electron chi connectivity index (χ4n) is 2.89. The van der Waals surface area contributed by atoms with Gasteiger partial charge in [-0.1, -0.05) is 18.7 Å². The zero-order valence-electron chi connectivity index (χ0n) is 16.7. The highest BCUT2D eigenvalue weighted by Crippen LogP contribution is 2.34. The highest BCUT2D eigenvalue weighted by molar-refractivity contribution is 8.00. The molecule has 2 aromatic rings. The molecule has 0 bridgehead atoms. The lowest BCUT2D eigenvalue weighted by atomic mass is 10.2. The molecule has 2 heterocycles. The number of methoxy groups -OCH3 is 1. The maximum Gasteiger partial charge on any atom is 0.573 e. The summed E-state index contributed by atoms with van der Waals surface area (Å²) in [4.78, 5) is 30.4. The van der Waals surface area contributed by atoms with Crippen LogP contribution in [0.3, 0.4) is 0 Å². The third-order valence-electron chi connectivity index (χ3n) is 4.19. The topological polar surface area (TPSA) is 82.4 Å². The second-order valence-electron chi connectivity index (χ2n) is 6.66. The smallest absolute Gasteiger partial charge is 0.406 e. The maximum atomic E-state index is 12.8. The molecule has 1 atom stereocenters. The molecule has 1 amide bonds. The number of hydrogen-bond donors (Lipinski definition) is 1. The average molecular weight is 476 g/mol. The number of benzene rings is 1. The Labute approximate surface area is 184 Å². The van der Waals surface area contributed by atoms with E-state index in [0.29, 0.717) is 35.3 Å². The number of ether oxygens (including phenoxy) is 2. The third kappa shape index (κ3) is 6.40. The van der Waals surface area contributed by atoms with Gasteiger partial charge in [0.25, 0.3) is 5.56 Å². The van der Waals surface area contributed by atoms with Crippen molar-refractivity contribution in [3.05, 3.63) is 40.3 Å². The lowest BCUT2D eigenvalue weighted by Crippen LogP contribution is -2.27. The summed E-state index contributed by atoms with van der Waals surface area (Å²) in [6.07, 6.45) is -4.09. The molecule has 31 heavy (non-hydrogen) atoms. The van der Waals surface area contributed by atoms with Gasteiger partial charge in [-0.15, -0.1) is 24.9 Å². The van der Waals surface area contributed by atoms with Crippen LogP contribution in [0.1, 0.15) is 12.6 Å². The molecule has 0 spiro atoms. The van der Waals surface area contributed by atoms with Crippen molar-refractivity contribution < 1.29 is 27.4 Å². The molecule has 0 saturated carbocycles. The maximum absolute atomic E-state index is 12.8. The van der Waals surface area contributed by atoms with Crippen molar-refractivity contribution in [3.8, 4) is 5.75 Å². The van der Waals surface area contributed by atoms with Crippen LogP contribution in [0.25, 0.3) is 0 Å². The summed E-state index contributed by atoms with van der Waals surface area (Å²) in [6, 6.07) is 4.84. The van der Waals surface area contributed by atoms with E-state index in [4.69, 9.17) is 4.74 Å². The molecule has 1 aromatic heterocycles. The summed E-state index contributed by atoms with van der Waals surface area (Å²) < 4.78 is 47.1. The fourth-order valence-corrected chi connectivity index (χ4v) is 4.85. The first-order chi connectivity index (χ1) is 14.7. The number of aromatic nitrogens is 2. The molecule has 3 rings (SSSR count). The van der Waals surface area contributed by atoms with Crippen LogP contribution in [-0.4, -0.2) is 46.5 Å². The van der Waals surface area contributed by atoms with Crippen LogP contribution >= 0.6 is 23.5 Å². The number of nitrogens with zero attached hydrogens (tertiary/aromatic N) is 2. The van der Waals surface area contributed by atoms with Crippen LogP contribution in [0.5, 0.6) is 5.75 Å². The normalized spacial score (nSPS) is 15.6. The van der Waals surface area contributed by atoms with Gasteiger partial charge in [-0.25, -0.2) is 4.98 Å². The molecule has 0 fully saturated rings. The molecule has 1 unspecified atom stereocenters. The molecular formula is C19H20F3N3O4S2. The summed E-state index contributed by atoms with van der Waals surface area (Å²) in [7, 11) is 1.54. The number of thioether (sulfide) groups is 2. The van der Waals surface area contributed by atoms with E-state index in [1.54, 1.807) is 0 Å².